The van der Waals surface area contributed by atoms with Crippen molar-refractivity contribution < 1.29 is 9.59 Å². The fourth-order valence-corrected chi connectivity index (χ4v) is 1.92. The summed E-state index contributed by atoms with van der Waals surface area (Å²) in [5.74, 6) is 0.177. The van der Waals surface area contributed by atoms with Crippen molar-refractivity contribution in [1.29, 1.82) is 0 Å². The van der Waals surface area contributed by atoms with E-state index in [9.17, 15) is 9.59 Å². The van der Waals surface area contributed by atoms with Crippen LogP contribution in [0.4, 0.5) is 0 Å². The molecule has 0 bridgehead atoms. The van der Waals surface area contributed by atoms with Gasteiger partial charge in [0.15, 0.2) is 0 Å². The Morgan fingerprint density at radius 3 is 1.72 bits per heavy atom. The highest BCUT2D eigenvalue weighted by atomic mass is 35.5. The van der Waals surface area contributed by atoms with E-state index in [0.29, 0.717) is 32.7 Å². The molecule has 2 amide bonds. The Labute approximate surface area is 115 Å². The van der Waals surface area contributed by atoms with E-state index in [0.717, 1.165) is 0 Å². The Morgan fingerprint density at radius 1 is 1.00 bits per heavy atom. The van der Waals surface area contributed by atoms with E-state index >= 15 is 0 Å². The van der Waals surface area contributed by atoms with Gasteiger partial charge in [-0.25, -0.2) is 0 Å². The average molecular weight is 278 g/mol. The monoisotopic (exact) mass is 277 g/mol. The summed E-state index contributed by atoms with van der Waals surface area (Å²) in [4.78, 5) is 27.3. The molecule has 1 heterocycles. The lowest BCUT2D eigenvalue weighted by Crippen LogP contribution is -2.53. The maximum atomic E-state index is 11.9. The van der Waals surface area contributed by atoms with Crippen LogP contribution >= 0.6 is 12.4 Å². The van der Waals surface area contributed by atoms with Gasteiger partial charge in [0.2, 0.25) is 11.8 Å². The Kier molecular flexibility index (Phi) is 7.25. The van der Waals surface area contributed by atoms with Gasteiger partial charge in [-0.2, -0.15) is 0 Å². The highest BCUT2D eigenvalue weighted by Gasteiger charge is 2.26. The summed E-state index contributed by atoms with van der Waals surface area (Å²) in [6, 6.07) is 0. The summed E-state index contributed by atoms with van der Waals surface area (Å²) in [5, 5.41) is 0. The van der Waals surface area contributed by atoms with Crippen LogP contribution in [0.15, 0.2) is 0 Å². The molecule has 6 heteroatoms. The van der Waals surface area contributed by atoms with Crippen molar-refractivity contribution in [3.05, 3.63) is 0 Å². The number of piperazine rings is 1. The third kappa shape index (κ3) is 4.14. The molecule has 0 spiro atoms. The fraction of sp³-hybridized carbons (Fsp3) is 0.833. The molecule has 1 atom stereocenters. The number of amides is 2. The summed E-state index contributed by atoms with van der Waals surface area (Å²) in [6.07, 6.45) is 0. The zero-order valence-electron chi connectivity index (χ0n) is 11.4. The number of hydrogen-bond acceptors (Lipinski definition) is 3. The molecule has 18 heavy (non-hydrogen) atoms. The lowest BCUT2D eigenvalue weighted by atomic mass is 10.1. The number of rotatable bonds is 3. The predicted molar refractivity (Wildman–Crippen MR) is 73.5 cm³/mol. The van der Waals surface area contributed by atoms with Gasteiger partial charge in [0, 0.05) is 44.6 Å². The molecule has 5 nitrogen and oxygen atoms in total. The third-order valence-electron chi connectivity index (χ3n) is 3.17. The smallest absolute Gasteiger partial charge is 0.226 e. The van der Waals surface area contributed by atoms with Crippen LogP contribution in [0.1, 0.15) is 20.8 Å². The number of nitrogens with zero attached hydrogens (tertiary/aromatic N) is 2. The second-order valence-electron chi connectivity index (χ2n) is 4.94. The van der Waals surface area contributed by atoms with Crippen molar-refractivity contribution in [3.8, 4) is 0 Å². The van der Waals surface area contributed by atoms with Crippen LogP contribution in [0, 0.1) is 11.8 Å². The SMILES string of the molecule is CC(C)C(=O)N1CCN(C(=O)C(C)CN)CC1.Cl. The largest absolute Gasteiger partial charge is 0.339 e. The Bertz CT molecular complexity index is 289. The molecule has 0 aromatic rings. The van der Waals surface area contributed by atoms with Gasteiger partial charge in [-0.3, -0.25) is 9.59 Å². The van der Waals surface area contributed by atoms with Crippen molar-refractivity contribution in [2.75, 3.05) is 32.7 Å². The molecule has 2 N–H and O–H groups in total. The van der Waals surface area contributed by atoms with Crippen LogP contribution in [0.3, 0.4) is 0 Å². The molecule has 1 fully saturated rings. The first-order chi connectivity index (χ1) is 7.97. The fourth-order valence-electron chi connectivity index (χ4n) is 1.92. The lowest BCUT2D eigenvalue weighted by Gasteiger charge is -2.36. The van der Waals surface area contributed by atoms with Gasteiger partial charge in [-0.05, 0) is 0 Å². The topological polar surface area (TPSA) is 66.6 Å². The van der Waals surface area contributed by atoms with Crippen molar-refractivity contribution in [2.24, 2.45) is 17.6 Å². The van der Waals surface area contributed by atoms with Gasteiger partial charge in [0.25, 0.3) is 0 Å². The van der Waals surface area contributed by atoms with Gasteiger partial charge in [0.05, 0.1) is 0 Å². The minimum Gasteiger partial charge on any atom is -0.339 e. The second-order valence-corrected chi connectivity index (χ2v) is 4.94. The first-order valence-corrected chi connectivity index (χ1v) is 6.25. The highest BCUT2D eigenvalue weighted by molar-refractivity contribution is 5.85. The van der Waals surface area contributed by atoms with Gasteiger partial charge in [0.1, 0.15) is 0 Å². The van der Waals surface area contributed by atoms with Crippen LogP contribution in [0.25, 0.3) is 0 Å². The van der Waals surface area contributed by atoms with Crippen LogP contribution in [-0.4, -0.2) is 54.3 Å². The molecular formula is C12H24ClN3O2. The van der Waals surface area contributed by atoms with Crippen molar-refractivity contribution in [3.63, 3.8) is 0 Å². The lowest BCUT2D eigenvalue weighted by molar-refractivity contribution is -0.143. The van der Waals surface area contributed by atoms with Crippen LogP contribution in [0.2, 0.25) is 0 Å². The summed E-state index contributed by atoms with van der Waals surface area (Å²) >= 11 is 0. The second kappa shape index (κ2) is 7.59. The number of nitrogens with two attached hydrogens (primary N) is 1. The van der Waals surface area contributed by atoms with E-state index in [1.54, 1.807) is 0 Å². The summed E-state index contributed by atoms with van der Waals surface area (Å²) in [7, 11) is 0. The minimum absolute atomic E-state index is 0. The quantitative estimate of drug-likeness (QED) is 0.808. The van der Waals surface area contributed by atoms with Crippen LogP contribution in [-0.2, 0) is 9.59 Å². The summed E-state index contributed by atoms with van der Waals surface area (Å²) in [5.41, 5.74) is 5.48. The number of carbonyl (C=O) groups excluding carboxylic acids is 2. The van der Waals surface area contributed by atoms with E-state index in [4.69, 9.17) is 5.73 Å². The molecule has 1 rings (SSSR count). The molecule has 0 aliphatic carbocycles. The van der Waals surface area contributed by atoms with Crippen molar-refractivity contribution in [2.45, 2.75) is 20.8 Å². The Balaban J connectivity index is 0.00000289. The molecular weight excluding hydrogens is 254 g/mol. The van der Waals surface area contributed by atoms with Gasteiger partial charge in [-0.1, -0.05) is 20.8 Å². The molecule has 1 aliphatic rings. The summed E-state index contributed by atoms with van der Waals surface area (Å²) < 4.78 is 0. The average Bonchev–Trinajstić information content (AvgIpc) is 2.36. The number of carbonyl (C=O) groups is 2. The molecule has 1 unspecified atom stereocenters. The van der Waals surface area contributed by atoms with Gasteiger partial charge >= 0.3 is 0 Å². The molecule has 0 aromatic heterocycles. The predicted octanol–water partition coefficient (Wildman–Crippen LogP) is 0.330. The van der Waals surface area contributed by atoms with Gasteiger partial charge < -0.3 is 15.5 Å². The van der Waals surface area contributed by atoms with E-state index in [1.165, 1.54) is 0 Å². The van der Waals surface area contributed by atoms with Crippen LogP contribution in [0.5, 0.6) is 0 Å². The zero-order chi connectivity index (χ0) is 13.0. The van der Waals surface area contributed by atoms with E-state index in [1.807, 2.05) is 30.6 Å². The van der Waals surface area contributed by atoms with Gasteiger partial charge in [-0.15, -0.1) is 12.4 Å². The molecule has 106 valence electrons. The van der Waals surface area contributed by atoms with Crippen LogP contribution < -0.4 is 5.73 Å². The molecule has 0 aromatic carbocycles. The standard InChI is InChI=1S/C12H23N3O2.ClH/c1-9(2)11(16)14-4-6-15(7-5-14)12(17)10(3)8-13;/h9-10H,4-8,13H2,1-3H3;1H. The van der Waals surface area contributed by atoms with E-state index in [-0.39, 0.29) is 36.1 Å². The minimum atomic E-state index is -0.123. The maximum absolute atomic E-state index is 11.9. The first-order valence-electron chi connectivity index (χ1n) is 6.25. The van der Waals surface area contributed by atoms with E-state index in [2.05, 4.69) is 0 Å². The first kappa shape index (κ1) is 17.2. The maximum Gasteiger partial charge on any atom is 0.226 e. The normalized spacial score (nSPS) is 17.4. The van der Waals surface area contributed by atoms with Crippen molar-refractivity contribution in [1.82, 2.24) is 9.80 Å². The van der Waals surface area contributed by atoms with Crippen molar-refractivity contribution >= 4 is 24.2 Å². The molecule has 0 radical (unpaired) electrons. The van der Waals surface area contributed by atoms with E-state index < -0.39 is 0 Å². The molecule has 0 saturated carbocycles. The Morgan fingerprint density at radius 2 is 1.39 bits per heavy atom. The molecule has 1 saturated heterocycles. The Hall–Kier alpha value is -0.810. The zero-order valence-corrected chi connectivity index (χ0v) is 12.2. The highest BCUT2D eigenvalue weighted by Crippen LogP contribution is 2.09. The number of halogens is 1. The molecule has 1 aliphatic heterocycles. The third-order valence-corrected chi connectivity index (χ3v) is 3.17. The number of hydrogen-bond donors (Lipinski definition) is 1. The summed E-state index contributed by atoms with van der Waals surface area (Å²) in [6.45, 7) is 8.55.